The number of hydrogen-bond acceptors (Lipinski definition) is 7. The van der Waals surface area contributed by atoms with Gasteiger partial charge in [0.1, 0.15) is 4.88 Å². The molecule has 1 aliphatic rings. The smallest absolute Gasteiger partial charge is 0.350 e. The Bertz CT molecular complexity index is 905. The Morgan fingerprint density at radius 2 is 2.00 bits per heavy atom. The van der Waals surface area contributed by atoms with E-state index >= 15 is 0 Å². The Morgan fingerprint density at radius 3 is 2.67 bits per heavy atom. The molecule has 1 heterocycles. The van der Waals surface area contributed by atoms with Crippen LogP contribution >= 0.6 is 11.3 Å². The lowest BCUT2D eigenvalue weighted by Crippen LogP contribution is -2.29. The maximum Gasteiger partial charge on any atom is 0.350 e. The van der Waals surface area contributed by atoms with Gasteiger partial charge in [-0.3, -0.25) is 14.4 Å². The molecule has 0 radical (unpaired) electrons. The van der Waals surface area contributed by atoms with Crippen LogP contribution in [0.2, 0.25) is 0 Å². The Morgan fingerprint density at radius 1 is 1.26 bits per heavy atom. The van der Waals surface area contributed by atoms with E-state index in [1.807, 2.05) is 11.5 Å². The van der Waals surface area contributed by atoms with Gasteiger partial charge in [-0.15, -0.1) is 5.10 Å². The van der Waals surface area contributed by atoms with Gasteiger partial charge in [-0.2, -0.15) is 0 Å². The lowest BCUT2D eigenvalue weighted by Gasteiger charge is -2.07. The van der Waals surface area contributed by atoms with Crippen LogP contribution < -0.4 is 10.2 Å². The van der Waals surface area contributed by atoms with E-state index in [2.05, 4.69) is 10.5 Å². The summed E-state index contributed by atoms with van der Waals surface area (Å²) < 4.78 is 6.88. The van der Waals surface area contributed by atoms with E-state index in [0.29, 0.717) is 21.9 Å². The van der Waals surface area contributed by atoms with Gasteiger partial charge in [0.2, 0.25) is 4.80 Å². The van der Waals surface area contributed by atoms with E-state index < -0.39 is 23.4 Å². The minimum absolute atomic E-state index is 0.256. The molecule has 0 atom stereocenters. The van der Waals surface area contributed by atoms with Crippen LogP contribution in [0.1, 0.15) is 42.1 Å². The second-order valence-corrected chi connectivity index (χ2v) is 6.71. The zero-order valence-electron chi connectivity index (χ0n) is 15.4. The van der Waals surface area contributed by atoms with Crippen LogP contribution in [-0.2, 0) is 25.7 Å². The molecule has 0 aromatic carbocycles. The number of nitrogens with zero attached hydrogens (tertiary/aromatic N) is 2. The summed E-state index contributed by atoms with van der Waals surface area (Å²) in [6.07, 6.45) is 4.93. The molecule has 0 spiro atoms. The summed E-state index contributed by atoms with van der Waals surface area (Å²) in [6.45, 7) is 6.43. The molecule has 2 rings (SSSR count). The molecule has 8 nitrogen and oxygen atoms in total. The molecule has 1 N–H and O–H groups in total. The SMILES string of the molecule is CCCCn1c(C)c(C(=O)OCC)s/c1=N/NC(=O)C1=CC(=O)C=CC1=O. The number of esters is 1. The number of amides is 1. The maximum absolute atomic E-state index is 12.2. The van der Waals surface area contributed by atoms with Gasteiger partial charge in [-0.25, -0.2) is 10.2 Å². The molecule has 27 heavy (non-hydrogen) atoms. The van der Waals surface area contributed by atoms with E-state index in [4.69, 9.17) is 4.74 Å². The average molecular weight is 391 g/mol. The van der Waals surface area contributed by atoms with E-state index in [1.54, 1.807) is 13.8 Å². The van der Waals surface area contributed by atoms with Crippen LogP contribution in [0.4, 0.5) is 0 Å². The molecule has 144 valence electrons. The molecule has 0 saturated heterocycles. The van der Waals surface area contributed by atoms with Crippen LogP contribution in [0.25, 0.3) is 0 Å². The van der Waals surface area contributed by atoms with Crippen molar-refractivity contribution in [3.63, 3.8) is 0 Å². The zero-order chi connectivity index (χ0) is 20.0. The first-order chi connectivity index (χ1) is 12.9. The van der Waals surface area contributed by atoms with Crippen molar-refractivity contribution < 1.29 is 23.9 Å². The van der Waals surface area contributed by atoms with Crippen molar-refractivity contribution in [1.29, 1.82) is 0 Å². The molecule has 1 amide bonds. The van der Waals surface area contributed by atoms with Gasteiger partial charge in [0.25, 0.3) is 5.91 Å². The molecule has 1 aliphatic carbocycles. The van der Waals surface area contributed by atoms with Crippen LogP contribution in [0.15, 0.2) is 28.9 Å². The Labute approximate surface area is 160 Å². The third kappa shape index (κ3) is 4.88. The summed E-state index contributed by atoms with van der Waals surface area (Å²) in [4.78, 5) is 48.3. The molecule has 0 unspecified atom stereocenters. The molecule has 0 fully saturated rings. The number of hydrogen-bond donors (Lipinski definition) is 1. The Balaban J connectivity index is 2.33. The molecule has 0 bridgehead atoms. The maximum atomic E-state index is 12.2. The minimum atomic E-state index is -0.775. The molecule has 1 aromatic heterocycles. The summed E-state index contributed by atoms with van der Waals surface area (Å²) >= 11 is 1.10. The van der Waals surface area contributed by atoms with Crippen LogP contribution in [0.3, 0.4) is 0 Å². The third-order valence-corrected chi connectivity index (χ3v) is 4.96. The summed E-state index contributed by atoms with van der Waals surface area (Å²) in [5, 5.41) is 4.06. The number of nitrogens with one attached hydrogen (secondary N) is 1. The first-order valence-corrected chi connectivity index (χ1v) is 9.40. The van der Waals surface area contributed by atoms with Gasteiger partial charge in [0.15, 0.2) is 11.6 Å². The monoisotopic (exact) mass is 391 g/mol. The highest BCUT2D eigenvalue weighted by Gasteiger charge is 2.21. The first-order valence-electron chi connectivity index (χ1n) is 8.58. The van der Waals surface area contributed by atoms with Crippen molar-refractivity contribution in [2.24, 2.45) is 5.10 Å². The number of thiazole rings is 1. The summed E-state index contributed by atoms with van der Waals surface area (Å²) in [7, 11) is 0. The van der Waals surface area contributed by atoms with Crippen molar-refractivity contribution >= 4 is 34.8 Å². The first kappa shape index (κ1) is 20.5. The molecule has 0 saturated carbocycles. The van der Waals surface area contributed by atoms with Crippen molar-refractivity contribution in [3.8, 4) is 0 Å². The summed E-state index contributed by atoms with van der Waals surface area (Å²) in [5.41, 5.74) is 2.72. The number of carbonyl (C=O) groups is 4. The average Bonchev–Trinajstić information content (AvgIpc) is 2.96. The Kier molecular flexibility index (Phi) is 7.00. The fraction of sp³-hybridized carbons (Fsp3) is 0.389. The number of rotatable bonds is 7. The fourth-order valence-electron chi connectivity index (χ4n) is 2.38. The van der Waals surface area contributed by atoms with Crippen molar-refractivity contribution in [2.75, 3.05) is 6.61 Å². The van der Waals surface area contributed by atoms with Gasteiger partial charge in [-0.1, -0.05) is 24.7 Å². The predicted octanol–water partition coefficient (Wildman–Crippen LogP) is 1.40. The molecular weight excluding hydrogens is 370 g/mol. The second-order valence-electron chi connectivity index (χ2n) is 5.74. The Hall–Kier alpha value is -2.81. The van der Waals surface area contributed by atoms with Crippen LogP contribution in [-0.4, -0.2) is 34.6 Å². The minimum Gasteiger partial charge on any atom is -0.462 e. The summed E-state index contributed by atoms with van der Waals surface area (Å²) in [6, 6.07) is 0. The number of allylic oxidation sites excluding steroid dienone is 3. The third-order valence-electron chi connectivity index (χ3n) is 3.80. The number of ether oxygens (including phenoxy) is 1. The highest BCUT2D eigenvalue weighted by molar-refractivity contribution is 7.11. The fourth-order valence-corrected chi connectivity index (χ4v) is 3.39. The summed E-state index contributed by atoms with van der Waals surface area (Å²) in [5.74, 6) is -2.22. The van der Waals surface area contributed by atoms with E-state index in [0.717, 1.165) is 42.4 Å². The zero-order valence-corrected chi connectivity index (χ0v) is 16.2. The van der Waals surface area contributed by atoms with Crippen LogP contribution in [0, 0.1) is 6.92 Å². The van der Waals surface area contributed by atoms with Crippen molar-refractivity contribution in [3.05, 3.63) is 39.2 Å². The van der Waals surface area contributed by atoms with E-state index in [-0.39, 0.29) is 12.2 Å². The molecule has 1 aromatic rings. The topological polar surface area (TPSA) is 107 Å². The number of carbonyl (C=O) groups excluding carboxylic acids is 4. The highest BCUT2D eigenvalue weighted by atomic mass is 32.1. The van der Waals surface area contributed by atoms with Gasteiger partial charge < -0.3 is 9.30 Å². The van der Waals surface area contributed by atoms with E-state index in [1.165, 1.54) is 0 Å². The standard InChI is InChI=1S/C18H21N3O5S/c1-4-6-9-21-11(3)15(17(25)26-5-2)27-18(21)20-19-16(24)13-10-12(22)7-8-14(13)23/h7-8,10H,4-6,9H2,1-3H3,(H,19,24)/b20-18+. The second kappa shape index (κ2) is 9.22. The van der Waals surface area contributed by atoms with Gasteiger partial charge in [0, 0.05) is 18.3 Å². The molecule has 9 heteroatoms. The largest absolute Gasteiger partial charge is 0.462 e. The van der Waals surface area contributed by atoms with Gasteiger partial charge >= 0.3 is 5.97 Å². The van der Waals surface area contributed by atoms with Crippen molar-refractivity contribution in [2.45, 2.75) is 40.2 Å². The molecular formula is C18H21N3O5S. The van der Waals surface area contributed by atoms with Crippen molar-refractivity contribution in [1.82, 2.24) is 9.99 Å². The quantitative estimate of drug-likeness (QED) is 0.327. The molecule has 0 aliphatic heterocycles. The number of unbranched alkanes of at least 4 members (excludes halogenated alkanes) is 1. The van der Waals surface area contributed by atoms with Gasteiger partial charge in [0.05, 0.1) is 12.2 Å². The lowest BCUT2D eigenvalue weighted by atomic mass is 10.0. The number of aromatic nitrogens is 1. The van der Waals surface area contributed by atoms with Gasteiger partial charge in [-0.05, 0) is 32.4 Å². The predicted molar refractivity (Wildman–Crippen MR) is 98.9 cm³/mol. The normalized spacial score (nSPS) is 14.3. The lowest BCUT2D eigenvalue weighted by molar-refractivity contribution is -0.122. The van der Waals surface area contributed by atoms with E-state index in [9.17, 15) is 19.2 Å². The highest BCUT2D eigenvalue weighted by Crippen LogP contribution is 2.14. The number of ketones is 2. The van der Waals surface area contributed by atoms with Crippen LogP contribution in [0.5, 0.6) is 0 Å².